The summed E-state index contributed by atoms with van der Waals surface area (Å²) in [5.41, 5.74) is 0. The second-order valence-corrected chi connectivity index (χ2v) is 5.40. The highest BCUT2D eigenvalue weighted by Gasteiger charge is 2.37. The van der Waals surface area contributed by atoms with Gasteiger partial charge in [-0.3, -0.25) is 14.4 Å². The Morgan fingerprint density at radius 3 is 2.68 bits per heavy atom. The predicted molar refractivity (Wildman–Crippen MR) is 67.3 cm³/mol. The molecule has 1 saturated heterocycles. The van der Waals surface area contributed by atoms with Crippen LogP contribution >= 0.6 is 0 Å². The zero-order chi connectivity index (χ0) is 14.0. The Morgan fingerprint density at radius 2 is 2.00 bits per heavy atom. The second kappa shape index (κ2) is 5.59. The van der Waals surface area contributed by atoms with Crippen molar-refractivity contribution >= 4 is 17.8 Å². The van der Waals surface area contributed by atoms with Gasteiger partial charge in [0, 0.05) is 19.0 Å². The van der Waals surface area contributed by atoms with Crippen molar-refractivity contribution in [3.63, 3.8) is 0 Å². The summed E-state index contributed by atoms with van der Waals surface area (Å²) < 4.78 is 0. The Hall–Kier alpha value is -1.59. The van der Waals surface area contributed by atoms with Crippen molar-refractivity contribution in [3.8, 4) is 0 Å². The fourth-order valence-corrected chi connectivity index (χ4v) is 2.96. The minimum Gasteiger partial charge on any atom is -0.481 e. The van der Waals surface area contributed by atoms with Crippen LogP contribution in [0.2, 0.25) is 0 Å². The number of nitrogens with zero attached hydrogens (tertiary/aromatic N) is 1. The van der Waals surface area contributed by atoms with Crippen molar-refractivity contribution in [3.05, 3.63) is 0 Å². The summed E-state index contributed by atoms with van der Waals surface area (Å²) in [6.45, 7) is 2.70. The van der Waals surface area contributed by atoms with E-state index >= 15 is 0 Å². The molecule has 2 rings (SSSR count). The lowest BCUT2D eigenvalue weighted by molar-refractivity contribution is -0.149. The first-order chi connectivity index (χ1) is 9.00. The summed E-state index contributed by atoms with van der Waals surface area (Å²) in [7, 11) is 0. The van der Waals surface area contributed by atoms with Gasteiger partial charge >= 0.3 is 5.97 Å². The fraction of sp³-hybridized carbons (Fsp3) is 0.769. The smallest absolute Gasteiger partial charge is 0.306 e. The van der Waals surface area contributed by atoms with Crippen molar-refractivity contribution < 1.29 is 19.5 Å². The molecule has 0 radical (unpaired) electrons. The molecule has 3 atom stereocenters. The van der Waals surface area contributed by atoms with Gasteiger partial charge in [-0.15, -0.1) is 0 Å². The van der Waals surface area contributed by atoms with Gasteiger partial charge in [0.25, 0.3) is 0 Å². The van der Waals surface area contributed by atoms with Gasteiger partial charge in [-0.05, 0) is 26.2 Å². The highest BCUT2D eigenvalue weighted by Crippen LogP contribution is 2.31. The highest BCUT2D eigenvalue weighted by atomic mass is 16.4. The first-order valence-corrected chi connectivity index (χ1v) is 6.81. The van der Waals surface area contributed by atoms with Crippen LogP contribution in [0.25, 0.3) is 0 Å². The van der Waals surface area contributed by atoms with E-state index in [1.807, 2.05) is 0 Å². The summed E-state index contributed by atoms with van der Waals surface area (Å²) in [5.74, 6) is -1.68. The molecule has 19 heavy (non-hydrogen) atoms. The van der Waals surface area contributed by atoms with Crippen molar-refractivity contribution in [1.29, 1.82) is 0 Å². The van der Waals surface area contributed by atoms with Gasteiger partial charge in [-0.2, -0.15) is 0 Å². The van der Waals surface area contributed by atoms with Crippen LogP contribution in [0.5, 0.6) is 0 Å². The van der Waals surface area contributed by atoms with Crippen molar-refractivity contribution in [1.82, 2.24) is 10.2 Å². The van der Waals surface area contributed by atoms with Crippen molar-refractivity contribution in [2.24, 2.45) is 11.8 Å². The molecule has 2 N–H and O–H groups in total. The molecule has 0 aromatic rings. The van der Waals surface area contributed by atoms with Gasteiger partial charge in [-0.1, -0.05) is 6.42 Å². The van der Waals surface area contributed by atoms with E-state index in [2.05, 4.69) is 5.32 Å². The molecule has 1 aliphatic heterocycles. The van der Waals surface area contributed by atoms with E-state index in [1.54, 1.807) is 11.8 Å². The Morgan fingerprint density at radius 1 is 1.32 bits per heavy atom. The maximum atomic E-state index is 12.4. The molecule has 0 bridgehead atoms. The molecular weight excluding hydrogens is 248 g/mol. The molecule has 1 heterocycles. The van der Waals surface area contributed by atoms with Crippen molar-refractivity contribution in [2.75, 3.05) is 13.1 Å². The number of carboxylic acid groups (broad SMARTS) is 1. The summed E-state index contributed by atoms with van der Waals surface area (Å²) >= 11 is 0. The predicted octanol–water partition coefficient (Wildman–Crippen LogP) is 0.224. The molecule has 0 aromatic carbocycles. The minimum atomic E-state index is -0.818. The van der Waals surface area contributed by atoms with Crippen LogP contribution in [0.4, 0.5) is 0 Å². The minimum absolute atomic E-state index is 0.0618. The third-order valence-corrected chi connectivity index (χ3v) is 4.15. The van der Waals surface area contributed by atoms with Crippen LogP contribution < -0.4 is 5.32 Å². The van der Waals surface area contributed by atoms with Gasteiger partial charge in [0.2, 0.25) is 11.8 Å². The van der Waals surface area contributed by atoms with Gasteiger partial charge in [0.1, 0.15) is 6.04 Å². The largest absolute Gasteiger partial charge is 0.481 e. The van der Waals surface area contributed by atoms with E-state index in [9.17, 15) is 14.4 Å². The standard InChI is InChI=1S/C13H20N2O4/c1-8-11(16)14-5-6-15(8)12(17)9-3-2-4-10(7-9)13(18)19/h8-10H,2-7H2,1H3,(H,14,16)(H,18,19)/t8-,9+,10+/m1/s1. The third kappa shape index (κ3) is 2.88. The Labute approximate surface area is 112 Å². The van der Waals surface area contributed by atoms with Crippen LogP contribution in [0.3, 0.4) is 0 Å². The fourth-order valence-electron chi connectivity index (χ4n) is 2.96. The lowest BCUT2D eigenvalue weighted by Crippen LogP contribution is -2.57. The number of amides is 2. The quantitative estimate of drug-likeness (QED) is 0.750. The number of carboxylic acids is 1. The van der Waals surface area contributed by atoms with Crippen molar-refractivity contribution in [2.45, 2.75) is 38.6 Å². The summed E-state index contributed by atoms with van der Waals surface area (Å²) in [4.78, 5) is 36.6. The number of hydrogen-bond acceptors (Lipinski definition) is 3. The van der Waals surface area contributed by atoms with Crippen LogP contribution in [0.1, 0.15) is 32.6 Å². The highest BCUT2D eigenvalue weighted by molar-refractivity contribution is 5.89. The molecule has 2 fully saturated rings. The first kappa shape index (κ1) is 13.8. The molecule has 0 unspecified atom stereocenters. The van der Waals surface area contributed by atoms with Gasteiger partial charge < -0.3 is 15.3 Å². The number of rotatable bonds is 2. The zero-order valence-electron chi connectivity index (χ0n) is 11.1. The number of nitrogens with one attached hydrogen (secondary N) is 1. The maximum absolute atomic E-state index is 12.4. The average molecular weight is 268 g/mol. The summed E-state index contributed by atoms with van der Waals surface area (Å²) in [5, 5.41) is 11.8. The number of carbonyl (C=O) groups excluding carboxylic acids is 2. The van der Waals surface area contributed by atoms with E-state index in [0.717, 1.165) is 12.8 Å². The number of hydrogen-bond donors (Lipinski definition) is 2. The molecule has 106 valence electrons. The summed E-state index contributed by atoms with van der Waals surface area (Å²) in [6, 6.07) is -0.452. The normalized spacial score (nSPS) is 31.7. The maximum Gasteiger partial charge on any atom is 0.306 e. The second-order valence-electron chi connectivity index (χ2n) is 5.40. The molecule has 2 aliphatic rings. The van der Waals surface area contributed by atoms with Gasteiger partial charge in [0.15, 0.2) is 0 Å². The van der Waals surface area contributed by atoms with Crippen LogP contribution in [-0.4, -0.2) is 46.9 Å². The molecule has 1 saturated carbocycles. The average Bonchev–Trinajstić information content (AvgIpc) is 2.41. The first-order valence-electron chi connectivity index (χ1n) is 6.81. The van der Waals surface area contributed by atoms with Gasteiger partial charge in [0.05, 0.1) is 5.92 Å². The van der Waals surface area contributed by atoms with Crippen LogP contribution in [-0.2, 0) is 14.4 Å². The monoisotopic (exact) mass is 268 g/mol. The molecule has 1 aliphatic carbocycles. The van der Waals surface area contributed by atoms with E-state index in [-0.39, 0.29) is 17.7 Å². The van der Waals surface area contributed by atoms with E-state index < -0.39 is 17.9 Å². The van der Waals surface area contributed by atoms with Gasteiger partial charge in [-0.25, -0.2) is 0 Å². The lowest BCUT2D eigenvalue weighted by atomic mass is 9.80. The number of piperazine rings is 1. The summed E-state index contributed by atoms with van der Waals surface area (Å²) in [6.07, 6.45) is 2.55. The molecule has 2 amide bonds. The topological polar surface area (TPSA) is 86.7 Å². The molecular formula is C13H20N2O4. The molecule has 0 spiro atoms. The Balaban J connectivity index is 2.02. The Bertz CT molecular complexity index is 396. The van der Waals surface area contributed by atoms with E-state index in [1.165, 1.54) is 0 Å². The zero-order valence-corrected chi connectivity index (χ0v) is 11.1. The Kier molecular flexibility index (Phi) is 4.07. The van der Waals surface area contributed by atoms with Crippen LogP contribution in [0.15, 0.2) is 0 Å². The SMILES string of the molecule is C[C@@H]1C(=O)NCCN1C(=O)[C@H]1CCC[C@H](C(=O)O)C1. The molecule has 0 aromatic heterocycles. The number of carbonyl (C=O) groups is 3. The third-order valence-electron chi connectivity index (χ3n) is 4.15. The van der Waals surface area contributed by atoms with E-state index in [0.29, 0.717) is 25.9 Å². The van der Waals surface area contributed by atoms with E-state index in [4.69, 9.17) is 5.11 Å². The molecule has 6 nitrogen and oxygen atoms in total. The number of aliphatic carboxylic acids is 1. The lowest BCUT2D eigenvalue weighted by Gasteiger charge is -2.37. The van der Waals surface area contributed by atoms with Crippen LogP contribution in [0, 0.1) is 11.8 Å². The molecule has 6 heteroatoms.